The molecule has 3 nitrogen and oxygen atoms in total. The topological polar surface area (TPSA) is 41.5 Å². The lowest BCUT2D eigenvalue weighted by molar-refractivity contribution is 0.234. The number of hydrogen-bond acceptors (Lipinski definition) is 3. The predicted molar refractivity (Wildman–Crippen MR) is 85.3 cm³/mol. The summed E-state index contributed by atoms with van der Waals surface area (Å²) in [6.45, 7) is 3.94. The lowest BCUT2D eigenvalue weighted by Gasteiger charge is -2.23. The summed E-state index contributed by atoms with van der Waals surface area (Å²) in [6.07, 6.45) is 0. The van der Waals surface area contributed by atoms with Gasteiger partial charge in [-0.05, 0) is 49.2 Å². The first-order valence-electron chi connectivity index (χ1n) is 7.70. The third-order valence-electron chi connectivity index (χ3n) is 3.73. The normalized spacial score (nSPS) is 13.6. The molecular weight excluding hydrogens is 319 g/mol. The van der Waals surface area contributed by atoms with Crippen molar-refractivity contribution < 1.29 is 23.0 Å². The Labute approximate surface area is 139 Å². The van der Waals surface area contributed by atoms with Gasteiger partial charge in [-0.2, -0.15) is 0 Å². The Morgan fingerprint density at radius 2 is 1.62 bits per heavy atom. The Bertz CT molecular complexity index is 653. The van der Waals surface area contributed by atoms with Gasteiger partial charge in [0.15, 0.2) is 17.5 Å². The molecule has 6 heteroatoms. The van der Waals surface area contributed by atoms with Crippen molar-refractivity contribution in [2.75, 3.05) is 13.2 Å². The smallest absolute Gasteiger partial charge is 0.194 e. The monoisotopic (exact) mass is 339 g/mol. The maximum absolute atomic E-state index is 13.4. The summed E-state index contributed by atoms with van der Waals surface area (Å²) in [5.74, 6) is -3.33. The molecule has 2 N–H and O–H groups in total. The zero-order chi connectivity index (χ0) is 17.7. The van der Waals surface area contributed by atoms with Gasteiger partial charge in [-0.1, -0.05) is 12.1 Å². The minimum Gasteiger partial charge on any atom is -0.494 e. The summed E-state index contributed by atoms with van der Waals surface area (Å²) in [7, 11) is 0. The van der Waals surface area contributed by atoms with Gasteiger partial charge in [0.05, 0.1) is 19.3 Å². The molecule has 0 aliphatic heterocycles. The van der Waals surface area contributed by atoms with Crippen molar-refractivity contribution in [3.63, 3.8) is 0 Å². The zero-order valence-electron chi connectivity index (χ0n) is 13.5. The maximum atomic E-state index is 13.4. The van der Waals surface area contributed by atoms with Crippen LogP contribution in [0.1, 0.15) is 37.1 Å². The molecule has 2 atom stereocenters. The molecule has 0 radical (unpaired) electrons. The second-order valence-electron chi connectivity index (χ2n) is 5.42. The van der Waals surface area contributed by atoms with E-state index in [1.165, 1.54) is 0 Å². The van der Waals surface area contributed by atoms with Crippen LogP contribution in [0.25, 0.3) is 0 Å². The number of hydrogen-bond donors (Lipinski definition) is 2. The third-order valence-corrected chi connectivity index (χ3v) is 3.73. The average Bonchev–Trinajstić information content (AvgIpc) is 2.58. The first kappa shape index (κ1) is 18.3. The highest BCUT2D eigenvalue weighted by Gasteiger charge is 2.19. The van der Waals surface area contributed by atoms with Crippen LogP contribution in [0.4, 0.5) is 13.2 Å². The second-order valence-corrected chi connectivity index (χ2v) is 5.42. The molecule has 0 bridgehead atoms. The standard InChI is InChI=1S/C18H20F3NO2/c1-3-24-14-6-4-12(5-7-14)11(2)22-17(10-23)13-8-15(19)18(21)16(20)9-13/h4-9,11,17,22-23H,3,10H2,1-2H3. The molecule has 0 fully saturated rings. The van der Waals surface area contributed by atoms with Gasteiger partial charge in [0, 0.05) is 6.04 Å². The van der Waals surface area contributed by atoms with Crippen LogP contribution in [0.5, 0.6) is 5.75 Å². The summed E-state index contributed by atoms with van der Waals surface area (Å²) in [4.78, 5) is 0. The second kappa shape index (κ2) is 8.17. The molecule has 2 aromatic carbocycles. The number of nitrogens with one attached hydrogen (secondary N) is 1. The zero-order valence-corrected chi connectivity index (χ0v) is 13.5. The number of benzene rings is 2. The van der Waals surface area contributed by atoms with Crippen molar-refractivity contribution in [3.05, 3.63) is 65.0 Å². The van der Waals surface area contributed by atoms with Gasteiger partial charge in [0.2, 0.25) is 0 Å². The van der Waals surface area contributed by atoms with E-state index in [0.29, 0.717) is 6.61 Å². The molecular formula is C18H20F3NO2. The van der Waals surface area contributed by atoms with Crippen molar-refractivity contribution in [2.45, 2.75) is 25.9 Å². The molecule has 2 unspecified atom stereocenters. The molecule has 0 aliphatic rings. The Hall–Kier alpha value is -2.05. The van der Waals surface area contributed by atoms with Crippen molar-refractivity contribution in [1.82, 2.24) is 5.32 Å². The summed E-state index contributed by atoms with van der Waals surface area (Å²) in [6, 6.07) is 8.22. The van der Waals surface area contributed by atoms with E-state index in [4.69, 9.17) is 4.74 Å². The van der Waals surface area contributed by atoms with Crippen LogP contribution in [0.3, 0.4) is 0 Å². The Kier molecular flexibility index (Phi) is 6.23. The number of aliphatic hydroxyl groups excluding tert-OH is 1. The van der Waals surface area contributed by atoms with E-state index in [1.54, 1.807) is 0 Å². The molecule has 24 heavy (non-hydrogen) atoms. The molecule has 0 heterocycles. The van der Waals surface area contributed by atoms with Crippen LogP contribution in [0.2, 0.25) is 0 Å². The van der Waals surface area contributed by atoms with Crippen molar-refractivity contribution >= 4 is 0 Å². The average molecular weight is 339 g/mol. The fraction of sp³-hybridized carbons (Fsp3) is 0.333. The van der Waals surface area contributed by atoms with E-state index in [1.807, 2.05) is 38.1 Å². The summed E-state index contributed by atoms with van der Waals surface area (Å²) >= 11 is 0. The minimum atomic E-state index is -1.52. The van der Waals surface area contributed by atoms with Crippen LogP contribution in [-0.4, -0.2) is 18.3 Å². The molecule has 0 saturated heterocycles. The largest absolute Gasteiger partial charge is 0.494 e. The molecule has 2 rings (SSSR count). The van der Waals surface area contributed by atoms with Crippen LogP contribution < -0.4 is 10.1 Å². The van der Waals surface area contributed by atoms with Crippen LogP contribution in [-0.2, 0) is 0 Å². The lowest BCUT2D eigenvalue weighted by atomic mass is 10.0. The Balaban J connectivity index is 2.14. The highest BCUT2D eigenvalue weighted by Crippen LogP contribution is 2.24. The van der Waals surface area contributed by atoms with E-state index in [-0.39, 0.29) is 18.2 Å². The van der Waals surface area contributed by atoms with E-state index in [0.717, 1.165) is 23.4 Å². The van der Waals surface area contributed by atoms with Crippen LogP contribution >= 0.6 is 0 Å². The summed E-state index contributed by atoms with van der Waals surface area (Å²) in [5, 5.41) is 12.6. The highest BCUT2D eigenvalue weighted by molar-refractivity contribution is 5.29. The fourth-order valence-electron chi connectivity index (χ4n) is 2.45. The van der Waals surface area contributed by atoms with E-state index in [2.05, 4.69) is 5.32 Å². The molecule has 0 aromatic heterocycles. The number of aliphatic hydroxyl groups is 1. The van der Waals surface area contributed by atoms with Crippen LogP contribution in [0.15, 0.2) is 36.4 Å². The molecule has 0 saturated carbocycles. The van der Waals surface area contributed by atoms with Crippen molar-refractivity contribution in [2.24, 2.45) is 0 Å². The van der Waals surface area contributed by atoms with Gasteiger partial charge < -0.3 is 15.2 Å². The van der Waals surface area contributed by atoms with Gasteiger partial charge in [0.25, 0.3) is 0 Å². The Morgan fingerprint density at radius 3 is 2.12 bits per heavy atom. The first-order valence-corrected chi connectivity index (χ1v) is 7.70. The van der Waals surface area contributed by atoms with Gasteiger partial charge >= 0.3 is 0 Å². The van der Waals surface area contributed by atoms with E-state index in [9.17, 15) is 18.3 Å². The predicted octanol–water partition coefficient (Wildman–Crippen LogP) is 3.89. The summed E-state index contributed by atoms with van der Waals surface area (Å²) < 4.78 is 45.2. The van der Waals surface area contributed by atoms with Gasteiger partial charge in [-0.25, -0.2) is 13.2 Å². The highest BCUT2D eigenvalue weighted by atomic mass is 19.2. The number of rotatable bonds is 7. The molecule has 0 aliphatic carbocycles. The lowest BCUT2D eigenvalue weighted by Crippen LogP contribution is -2.27. The van der Waals surface area contributed by atoms with E-state index >= 15 is 0 Å². The van der Waals surface area contributed by atoms with Gasteiger partial charge in [-0.3, -0.25) is 0 Å². The quantitative estimate of drug-likeness (QED) is 0.752. The Morgan fingerprint density at radius 1 is 1.04 bits per heavy atom. The van der Waals surface area contributed by atoms with Gasteiger partial charge in [0.1, 0.15) is 5.75 Å². The summed E-state index contributed by atoms with van der Waals surface area (Å²) in [5.41, 5.74) is 1.06. The number of halogens is 3. The van der Waals surface area contributed by atoms with Crippen molar-refractivity contribution in [3.8, 4) is 5.75 Å². The molecule has 130 valence electrons. The van der Waals surface area contributed by atoms with Crippen LogP contribution in [0, 0.1) is 17.5 Å². The number of ether oxygens (including phenoxy) is 1. The molecule has 0 spiro atoms. The van der Waals surface area contributed by atoms with E-state index < -0.39 is 23.5 Å². The maximum Gasteiger partial charge on any atom is 0.194 e. The fourth-order valence-corrected chi connectivity index (χ4v) is 2.45. The SMILES string of the molecule is CCOc1ccc(C(C)NC(CO)c2cc(F)c(F)c(F)c2)cc1. The third kappa shape index (κ3) is 4.27. The minimum absolute atomic E-state index is 0.145. The molecule has 2 aromatic rings. The first-order chi connectivity index (χ1) is 11.5. The molecule has 0 amide bonds. The van der Waals surface area contributed by atoms with Gasteiger partial charge in [-0.15, -0.1) is 0 Å². The van der Waals surface area contributed by atoms with Crippen molar-refractivity contribution in [1.29, 1.82) is 0 Å².